The smallest absolute Gasteiger partial charge is 0.261 e. The summed E-state index contributed by atoms with van der Waals surface area (Å²) in [5, 5.41) is 0.512. The molecular weight excluding hydrogens is 268 g/mol. The summed E-state index contributed by atoms with van der Waals surface area (Å²) in [5.74, 6) is 1.60. The molecule has 0 aliphatic rings. The highest BCUT2D eigenvalue weighted by Gasteiger charge is 2.06. The number of nitrogens with zero attached hydrogens (tertiary/aromatic N) is 3. The minimum absolute atomic E-state index is 0.114. The second-order valence-corrected chi connectivity index (χ2v) is 4.81. The summed E-state index contributed by atoms with van der Waals surface area (Å²) < 4.78 is 7.15. The van der Waals surface area contributed by atoms with Crippen LogP contribution < -0.4 is 16.0 Å². The van der Waals surface area contributed by atoms with Gasteiger partial charge in [-0.15, -0.1) is 0 Å². The first-order valence-corrected chi connectivity index (χ1v) is 6.40. The molecular formula is C15H14N4O2. The maximum Gasteiger partial charge on any atom is 0.261 e. The highest BCUT2D eigenvalue weighted by molar-refractivity contribution is 5.79. The van der Waals surface area contributed by atoms with Gasteiger partial charge in [0.15, 0.2) is 0 Å². The van der Waals surface area contributed by atoms with Gasteiger partial charge >= 0.3 is 0 Å². The summed E-state index contributed by atoms with van der Waals surface area (Å²) in [5.41, 5.74) is 7.04. The molecule has 106 valence electrons. The topological polar surface area (TPSA) is 83.0 Å². The van der Waals surface area contributed by atoms with E-state index in [9.17, 15) is 4.79 Å². The Hall–Kier alpha value is -2.89. The average molecular weight is 282 g/mol. The van der Waals surface area contributed by atoms with Crippen LogP contribution in [-0.4, -0.2) is 14.5 Å². The van der Waals surface area contributed by atoms with Crippen molar-refractivity contribution in [3.05, 3.63) is 52.7 Å². The van der Waals surface area contributed by atoms with Crippen molar-refractivity contribution in [2.75, 3.05) is 5.73 Å². The van der Waals surface area contributed by atoms with Crippen LogP contribution in [-0.2, 0) is 7.05 Å². The van der Waals surface area contributed by atoms with Crippen LogP contribution in [0.15, 0.2) is 41.6 Å². The molecule has 0 atom stereocenters. The Morgan fingerprint density at radius 3 is 2.76 bits per heavy atom. The third-order valence-corrected chi connectivity index (χ3v) is 3.22. The van der Waals surface area contributed by atoms with E-state index < -0.39 is 0 Å². The van der Waals surface area contributed by atoms with Gasteiger partial charge in [-0.05, 0) is 36.8 Å². The SMILES string of the molecule is Cc1cc(Oc2ccc3ncn(C)c(=O)c3c2)cnc1N. The lowest BCUT2D eigenvalue weighted by Crippen LogP contribution is -2.16. The monoisotopic (exact) mass is 282 g/mol. The standard InChI is InChI=1S/C15H14N4O2/c1-9-5-11(7-17-14(9)16)21-10-3-4-13-12(6-10)15(20)19(2)8-18-13/h3-8H,1-2H3,(H2,16,17). The van der Waals surface area contributed by atoms with Crippen LogP contribution in [0.3, 0.4) is 0 Å². The van der Waals surface area contributed by atoms with E-state index in [-0.39, 0.29) is 5.56 Å². The summed E-state index contributed by atoms with van der Waals surface area (Å²) in [7, 11) is 1.66. The van der Waals surface area contributed by atoms with Crippen molar-refractivity contribution in [2.24, 2.45) is 7.05 Å². The molecule has 0 radical (unpaired) electrons. The lowest BCUT2D eigenvalue weighted by atomic mass is 10.2. The summed E-state index contributed by atoms with van der Waals surface area (Å²) in [6.07, 6.45) is 3.05. The predicted octanol–water partition coefficient (Wildman–Crippen LogP) is 2.01. The van der Waals surface area contributed by atoms with E-state index in [0.29, 0.717) is 28.2 Å². The summed E-state index contributed by atoms with van der Waals surface area (Å²) in [4.78, 5) is 20.3. The van der Waals surface area contributed by atoms with Crippen molar-refractivity contribution in [1.82, 2.24) is 14.5 Å². The Morgan fingerprint density at radius 1 is 1.19 bits per heavy atom. The van der Waals surface area contributed by atoms with Crippen LogP contribution in [0.4, 0.5) is 5.82 Å². The number of nitrogen functional groups attached to an aromatic ring is 1. The molecule has 0 aliphatic heterocycles. The van der Waals surface area contributed by atoms with Crippen LogP contribution >= 0.6 is 0 Å². The number of benzene rings is 1. The van der Waals surface area contributed by atoms with E-state index in [0.717, 1.165) is 5.56 Å². The fourth-order valence-corrected chi connectivity index (χ4v) is 2.01. The average Bonchev–Trinajstić information content (AvgIpc) is 2.47. The van der Waals surface area contributed by atoms with Gasteiger partial charge in [-0.2, -0.15) is 0 Å². The zero-order valence-corrected chi connectivity index (χ0v) is 11.7. The van der Waals surface area contributed by atoms with E-state index >= 15 is 0 Å². The quantitative estimate of drug-likeness (QED) is 0.777. The Balaban J connectivity index is 2.03. The molecule has 2 heterocycles. The van der Waals surface area contributed by atoms with Crippen molar-refractivity contribution in [1.29, 1.82) is 0 Å². The number of fused-ring (bicyclic) bond motifs is 1. The Labute approximate surface area is 120 Å². The number of anilines is 1. The molecule has 6 heteroatoms. The normalized spacial score (nSPS) is 10.8. The number of nitrogens with two attached hydrogens (primary N) is 1. The van der Waals surface area contributed by atoms with E-state index in [2.05, 4.69) is 9.97 Å². The van der Waals surface area contributed by atoms with Gasteiger partial charge in [-0.3, -0.25) is 4.79 Å². The number of aromatic nitrogens is 3. The second-order valence-electron chi connectivity index (χ2n) is 4.81. The molecule has 0 saturated carbocycles. The molecule has 3 rings (SSSR count). The molecule has 0 bridgehead atoms. The first kappa shape index (κ1) is 13.1. The highest BCUT2D eigenvalue weighted by Crippen LogP contribution is 2.24. The number of aryl methyl sites for hydroxylation is 2. The predicted molar refractivity (Wildman–Crippen MR) is 80.4 cm³/mol. The highest BCUT2D eigenvalue weighted by atomic mass is 16.5. The third kappa shape index (κ3) is 2.43. The van der Waals surface area contributed by atoms with Crippen molar-refractivity contribution >= 4 is 16.7 Å². The molecule has 0 spiro atoms. The van der Waals surface area contributed by atoms with Crippen molar-refractivity contribution < 1.29 is 4.74 Å². The van der Waals surface area contributed by atoms with Crippen LogP contribution in [0.5, 0.6) is 11.5 Å². The number of ether oxygens (including phenoxy) is 1. The second kappa shape index (κ2) is 4.90. The maximum atomic E-state index is 12.1. The molecule has 0 amide bonds. The zero-order valence-electron chi connectivity index (χ0n) is 11.7. The van der Waals surface area contributed by atoms with Gasteiger partial charge in [-0.25, -0.2) is 9.97 Å². The Bertz CT molecular complexity index is 886. The number of rotatable bonds is 2. The van der Waals surface area contributed by atoms with Gasteiger partial charge in [-0.1, -0.05) is 0 Å². The molecule has 21 heavy (non-hydrogen) atoms. The zero-order chi connectivity index (χ0) is 15.0. The van der Waals surface area contributed by atoms with Gasteiger partial charge in [0.2, 0.25) is 0 Å². The largest absolute Gasteiger partial charge is 0.456 e. The lowest BCUT2D eigenvalue weighted by molar-refractivity contribution is 0.480. The molecule has 6 nitrogen and oxygen atoms in total. The van der Waals surface area contributed by atoms with Crippen molar-refractivity contribution in [3.8, 4) is 11.5 Å². The maximum absolute atomic E-state index is 12.1. The van der Waals surface area contributed by atoms with Gasteiger partial charge in [0.05, 0.1) is 23.4 Å². The molecule has 3 aromatic rings. The summed E-state index contributed by atoms with van der Waals surface area (Å²) in [6, 6.07) is 6.99. The van der Waals surface area contributed by atoms with Crippen LogP contribution in [0.2, 0.25) is 0 Å². The molecule has 0 fully saturated rings. The fraction of sp³-hybridized carbons (Fsp3) is 0.133. The number of hydrogen-bond donors (Lipinski definition) is 1. The van der Waals surface area contributed by atoms with Crippen LogP contribution in [0.1, 0.15) is 5.56 Å². The first-order valence-electron chi connectivity index (χ1n) is 6.40. The Kier molecular flexibility index (Phi) is 3.06. The van der Waals surface area contributed by atoms with E-state index in [1.807, 2.05) is 6.92 Å². The minimum atomic E-state index is -0.114. The van der Waals surface area contributed by atoms with E-state index in [1.54, 1.807) is 37.5 Å². The number of pyridine rings is 1. The van der Waals surface area contributed by atoms with Crippen molar-refractivity contribution in [2.45, 2.75) is 6.92 Å². The van der Waals surface area contributed by atoms with Gasteiger partial charge in [0, 0.05) is 7.05 Å². The molecule has 0 unspecified atom stereocenters. The van der Waals surface area contributed by atoms with E-state index in [1.165, 1.54) is 10.9 Å². The third-order valence-electron chi connectivity index (χ3n) is 3.22. The van der Waals surface area contributed by atoms with Gasteiger partial charge in [0.1, 0.15) is 17.3 Å². The minimum Gasteiger partial charge on any atom is -0.456 e. The fourth-order valence-electron chi connectivity index (χ4n) is 2.01. The van der Waals surface area contributed by atoms with Gasteiger partial charge < -0.3 is 15.0 Å². The first-order chi connectivity index (χ1) is 10.0. The van der Waals surface area contributed by atoms with Gasteiger partial charge in [0.25, 0.3) is 5.56 Å². The molecule has 0 saturated heterocycles. The molecule has 1 aromatic carbocycles. The summed E-state index contributed by atoms with van der Waals surface area (Å²) >= 11 is 0. The molecule has 2 aromatic heterocycles. The van der Waals surface area contributed by atoms with Crippen LogP contribution in [0, 0.1) is 6.92 Å². The summed E-state index contributed by atoms with van der Waals surface area (Å²) in [6.45, 7) is 1.86. The Morgan fingerprint density at radius 2 is 2.00 bits per heavy atom. The van der Waals surface area contributed by atoms with Crippen LogP contribution in [0.25, 0.3) is 10.9 Å². The molecule has 2 N–H and O–H groups in total. The van der Waals surface area contributed by atoms with Crippen molar-refractivity contribution in [3.63, 3.8) is 0 Å². The van der Waals surface area contributed by atoms with E-state index in [4.69, 9.17) is 10.5 Å². The lowest BCUT2D eigenvalue weighted by Gasteiger charge is -2.08. The molecule has 0 aliphatic carbocycles. The number of hydrogen-bond acceptors (Lipinski definition) is 5.